The number of carbonyl (C=O) groups excluding carboxylic acids is 1. The van der Waals surface area contributed by atoms with E-state index in [-0.39, 0.29) is 5.54 Å². The normalized spacial score (nSPS) is 11.2. The van der Waals surface area contributed by atoms with Gasteiger partial charge in [-0.15, -0.1) is 0 Å². The molecule has 0 saturated carbocycles. The average Bonchev–Trinajstić information content (AvgIpc) is 2.31. The molecular formula is C13H21N3O. The number of carbonyl (C=O) groups is 1. The molecule has 17 heavy (non-hydrogen) atoms. The molecular weight excluding hydrogens is 214 g/mol. The lowest BCUT2D eigenvalue weighted by molar-refractivity contribution is 0.100. The lowest BCUT2D eigenvalue weighted by Gasteiger charge is -2.30. The summed E-state index contributed by atoms with van der Waals surface area (Å²) in [5.41, 5.74) is 13.0. The van der Waals surface area contributed by atoms with E-state index < -0.39 is 5.91 Å². The van der Waals surface area contributed by atoms with Crippen molar-refractivity contribution in [1.82, 2.24) is 0 Å². The van der Waals surface area contributed by atoms with E-state index in [9.17, 15) is 4.79 Å². The molecule has 94 valence electrons. The molecule has 5 N–H and O–H groups in total. The van der Waals surface area contributed by atoms with Crippen LogP contribution in [0.5, 0.6) is 0 Å². The van der Waals surface area contributed by atoms with Crippen LogP contribution in [0.4, 0.5) is 11.4 Å². The van der Waals surface area contributed by atoms with Crippen molar-refractivity contribution in [2.45, 2.75) is 39.2 Å². The molecule has 0 aliphatic carbocycles. The van der Waals surface area contributed by atoms with E-state index in [2.05, 4.69) is 26.1 Å². The lowest BCUT2D eigenvalue weighted by atomic mass is 9.95. The zero-order valence-corrected chi connectivity index (χ0v) is 10.7. The molecule has 1 aromatic rings. The van der Waals surface area contributed by atoms with E-state index >= 15 is 0 Å². The number of rotatable bonds is 5. The summed E-state index contributed by atoms with van der Waals surface area (Å²) in [7, 11) is 0. The highest BCUT2D eigenvalue weighted by atomic mass is 16.1. The molecule has 0 saturated heterocycles. The predicted molar refractivity (Wildman–Crippen MR) is 72.0 cm³/mol. The van der Waals surface area contributed by atoms with Crippen LogP contribution in [0.3, 0.4) is 0 Å². The molecule has 1 rings (SSSR count). The number of nitrogens with two attached hydrogens (primary N) is 2. The summed E-state index contributed by atoms with van der Waals surface area (Å²) in [4.78, 5) is 11.1. The number of primary amides is 1. The second kappa shape index (κ2) is 5.08. The van der Waals surface area contributed by atoms with Gasteiger partial charge in [0.25, 0.3) is 0 Å². The van der Waals surface area contributed by atoms with Crippen molar-refractivity contribution in [1.29, 1.82) is 0 Å². The Morgan fingerprint density at radius 2 is 1.94 bits per heavy atom. The van der Waals surface area contributed by atoms with Gasteiger partial charge in [-0.2, -0.15) is 0 Å². The van der Waals surface area contributed by atoms with Crippen LogP contribution < -0.4 is 16.8 Å². The summed E-state index contributed by atoms with van der Waals surface area (Å²) in [6.45, 7) is 6.36. The van der Waals surface area contributed by atoms with Gasteiger partial charge >= 0.3 is 0 Å². The molecule has 0 bridgehead atoms. The van der Waals surface area contributed by atoms with Crippen molar-refractivity contribution in [3.05, 3.63) is 23.8 Å². The maximum absolute atomic E-state index is 11.1. The minimum absolute atomic E-state index is 0.0234. The van der Waals surface area contributed by atoms with Crippen LogP contribution >= 0.6 is 0 Å². The maximum atomic E-state index is 11.1. The summed E-state index contributed by atoms with van der Waals surface area (Å²) in [6, 6.07) is 5.05. The molecule has 0 radical (unpaired) electrons. The van der Waals surface area contributed by atoms with Crippen molar-refractivity contribution in [3.8, 4) is 0 Å². The maximum Gasteiger partial charge on any atom is 0.248 e. The number of nitrogen functional groups attached to an aromatic ring is 1. The minimum atomic E-state index is -0.442. The monoisotopic (exact) mass is 235 g/mol. The van der Waals surface area contributed by atoms with Gasteiger partial charge in [0.1, 0.15) is 0 Å². The van der Waals surface area contributed by atoms with E-state index in [1.54, 1.807) is 18.2 Å². The third kappa shape index (κ3) is 3.12. The number of nitrogens with one attached hydrogen (secondary N) is 1. The van der Waals surface area contributed by atoms with E-state index in [4.69, 9.17) is 11.5 Å². The summed E-state index contributed by atoms with van der Waals surface area (Å²) < 4.78 is 0. The van der Waals surface area contributed by atoms with Crippen molar-refractivity contribution in [2.24, 2.45) is 5.73 Å². The zero-order chi connectivity index (χ0) is 13.1. The molecule has 0 unspecified atom stereocenters. The first-order valence-corrected chi connectivity index (χ1v) is 5.89. The Hall–Kier alpha value is -1.71. The van der Waals surface area contributed by atoms with Gasteiger partial charge < -0.3 is 16.8 Å². The molecule has 0 atom stereocenters. The van der Waals surface area contributed by atoms with Crippen molar-refractivity contribution in [3.63, 3.8) is 0 Å². The topological polar surface area (TPSA) is 81.1 Å². The van der Waals surface area contributed by atoms with E-state index in [0.717, 1.165) is 18.5 Å². The highest BCUT2D eigenvalue weighted by Crippen LogP contribution is 2.27. The largest absolute Gasteiger partial charge is 0.397 e. The van der Waals surface area contributed by atoms with Crippen molar-refractivity contribution in [2.75, 3.05) is 11.1 Å². The molecule has 0 aliphatic rings. The Bertz CT molecular complexity index is 411. The quantitative estimate of drug-likeness (QED) is 0.685. The molecule has 0 aliphatic heterocycles. The van der Waals surface area contributed by atoms with Gasteiger partial charge in [0.05, 0.1) is 11.4 Å². The van der Waals surface area contributed by atoms with Gasteiger partial charge in [0.15, 0.2) is 0 Å². The van der Waals surface area contributed by atoms with E-state index in [1.165, 1.54) is 0 Å². The van der Waals surface area contributed by atoms with Crippen LogP contribution in [0.15, 0.2) is 18.2 Å². The summed E-state index contributed by atoms with van der Waals surface area (Å²) in [6.07, 6.45) is 1.95. The first-order valence-electron chi connectivity index (χ1n) is 5.89. The first-order chi connectivity index (χ1) is 7.91. The number of hydrogen-bond acceptors (Lipinski definition) is 3. The Kier molecular flexibility index (Phi) is 3.99. The van der Waals surface area contributed by atoms with Gasteiger partial charge in [-0.3, -0.25) is 4.79 Å². The van der Waals surface area contributed by atoms with Gasteiger partial charge in [0.2, 0.25) is 5.91 Å². The fourth-order valence-electron chi connectivity index (χ4n) is 1.57. The number of benzene rings is 1. The van der Waals surface area contributed by atoms with Crippen LogP contribution in [-0.4, -0.2) is 11.4 Å². The fraction of sp³-hybridized carbons (Fsp3) is 0.462. The van der Waals surface area contributed by atoms with Gasteiger partial charge in [-0.1, -0.05) is 13.8 Å². The summed E-state index contributed by atoms with van der Waals surface area (Å²) in [5.74, 6) is -0.442. The van der Waals surface area contributed by atoms with E-state index in [1.807, 2.05) is 0 Å². The molecule has 1 amide bonds. The molecule has 1 aromatic carbocycles. The van der Waals surface area contributed by atoms with Crippen molar-refractivity contribution < 1.29 is 4.79 Å². The summed E-state index contributed by atoms with van der Waals surface area (Å²) in [5, 5.41) is 3.39. The summed E-state index contributed by atoms with van der Waals surface area (Å²) >= 11 is 0. The van der Waals surface area contributed by atoms with Crippen LogP contribution in [0, 0.1) is 0 Å². The second-order valence-corrected chi connectivity index (χ2v) is 4.56. The standard InChI is InChI=1S/C13H21N3O/c1-4-13(3,5-2)16-11-8-9(12(15)17)6-7-10(11)14/h6-8,16H,4-5,14H2,1-3H3,(H2,15,17). The Morgan fingerprint density at radius 3 is 2.41 bits per heavy atom. The Labute approximate surface area is 102 Å². The SMILES string of the molecule is CCC(C)(CC)Nc1cc(C(N)=O)ccc1N. The van der Waals surface area contributed by atoms with Gasteiger partial charge in [0, 0.05) is 11.1 Å². The third-order valence-electron chi connectivity index (χ3n) is 3.33. The lowest BCUT2D eigenvalue weighted by Crippen LogP contribution is -2.33. The zero-order valence-electron chi connectivity index (χ0n) is 10.7. The molecule has 0 fully saturated rings. The second-order valence-electron chi connectivity index (χ2n) is 4.56. The van der Waals surface area contributed by atoms with E-state index in [0.29, 0.717) is 11.3 Å². The smallest absolute Gasteiger partial charge is 0.248 e. The molecule has 0 spiro atoms. The number of hydrogen-bond donors (Lipinski definition) is 3. The highest BCUT2D eigenvalue weighted by molar-refractivity contribution is 5.95. The number of amides is 1. The van der Waals surface area contributed by atoms with Crippen LogP contribution in [-0.2, 0) is 0 Å². The van der Waals surface area contributed by atoms with Gasteiger partial charge in [-0.25, -0.2) is 0 Å². The van der Waals surface area contributed by atoms with Crippen LogP contribution in [0.2, 0.25) is 0 Å². The van der Waals surface area contributed by atoms with Crippen LogP contribution in [0.1, 0.15) is 44.0 Å². The predicted octanol–water partition coefficient (Wildman–Crippen LogP) is 2.36. The third-order valence-corrected chi connectivity index (χ3v) is 3.33. The fourth-order valence-corrected chi connectivity index (χ4v) is 1.57. The molecule has 0 heterocycles. The Morgan fingerprint density at radius 1 is 1.35 bits per heavy atom. The Balaban J connectivity index is 3.05. The minimum Gasteiger partial charge on any atom is -0.397 e. The highest BCUT2D eigenvalue weighted by Gasteiger charge is 2.20. The molecule has 4 heteroatoms. The van der Waals surface area contributed by atoms with Gasteiger partial charge in [-0.05, 0) is 38.0 Å². The van der Waals surface area contributed by atoms with Crippen LogP contribution in [0.25, 0.3) is 0 Å². The number of anilines is 2. The average molecular weight is 235 g/mol. The first kappa shape index (κ1) is 13.4. The molecule has 4 nitrogen and oxygen atoms in total. The van der Waals surface area contributed by atoms with Crippen molar-refractivity contribution >= 4 is 17.3 Å². The molecule has 0 aromatic heterocycles.